The maximum Gasteiger partial charge on any atom is 0.219 e. The number of rotatable bonds is 4. The van der Waals surface area contributed by atoms with Crippen LogP contribution in [0.25, 0.3) is 5.57 Å². The number of nitrogens with zero attached hydrogens (tertiary/aromatic N) is 6. The molecular weight excluding hydrogens is 412 g/mol. The molecule has 0 unspecified atom stereocenters. The van der Waals surface area contributed by atoms with Gasteiger partial charge in [0, 0.05) is 81.6 Å². The zero-order valence-electron chi connectivity index (χ0n) is 19.5. The van der Waals surface area contributed by atoms with E-state index >= 15 is 0 Å². The van der Waals surface area contributed by atoms with Crippen LogP contribution in [0.3, 0.4) is 0 Å². The lowest BCUT2D eigenvalue weighted by Crippen LogP contribution is -2.35. The highest BCUT2D eigenvalue weighted by molar-refractivity contribution is 5.75. The van der Waals surface area contributed by atoms with Crippen molar-refractivity contribution in [3.8, 4) is 11.8 Å². The van der Waals surface area contributed by atoms with Crippen molar-refractivity contribution in [1.29, 1.82) is 0 Å². The van der Waals surface area contributed by atoms with Gasteiger partial charge in [0.1, 0.15) is 0 Å². The van der Waals surface area contributed by atoms with Crippen molar-refractivity contribution >= 4 is 17.3 Å². The molecule has 2 aromatic heterocycles. The number of carbonyl (C=O) groups excluding carboxylic acids is 1. The van der Waals surface area contributed by atoms with E-state index in [0.29, 0.717) is 6.54 Å². The highest BCUT2D eigenvalue weighted by Gasteiger charge is 2.34. The third-order valence-electron chi connectivity index (χ3n) is 7.32. The smallest absolute Gasteiger partial charge is 0.219 e. The summed E-state index contributed by atoms with van der Waals surface area (Å²) in [4.78, 5) is 16.5. The Hall–Kier alpha value is -3.27. The summed E-state index contributed by atoms with van der Waals surface area (Å²) in [6.45, 7) is 5.03. The quantitative estimate of drug-likeness (QED) is 0.682. The summed E-state index contributed by atoms with van der Waals surface area (Å²) in [5.41, 5.74) is 7.50. The largest absolute Gasteiger partial charge is 0.338 e. The summed E-state index contributed by atoms with van der Waals surface area (Å²) >= 11 is 0. The van der Waals surface area contributed by atoms with Crippen LogP contribution in [0.15, 0.2) is 29.7 Å². The van der Waals surface area contributed by atoms with Gasteiger partial charge in [0.2, 0.25) is 5.91 Å². The van der Waals surface area contributed by atoms with Crippen molar-refractivity contribution in [2.45, 2.75) is 58.5 Å². The molecule has 0 bridgehead atoms. The summed E-state index contributed by atoms with van der Waals surface area (Å²) in [5, 5.41) is 9.56. The number of hydrogen-bond donors (Lipinski definition) is 0. The van der Waals surface area contributed by atoms with E-state index < -0.39 is 0 Å². The van der Waals surface area contributed by atoms with Crippen LogP contribution in [0.2, 0.25) is 0 Å². The minimum atomic E-state index is 0.142. The van der Waals surface area contributed by atoms with E-state index in [0.717, 1.165) is 62.6 Å². The zero-order chi connectivity index (χ0) is 22.5. The maximum atomic E-state index is 12.2. The standard InChI is InChI=1S/C26H30N6O/c1-18(33)30-11-10-24-23(17-30)26(28-32(24)15-19-7-8-19)31-12-9-20-5-3-4-6-21(13-25(20)31)22-14-27-29(2)16-22/h13-14,16,19H,5-12,15,17H2,1-2H3/b21-13+. The second-order valence-electron chi connectivity index (χ2n) is 9.73. The van der Waals surface area contributed by atoms with Crippen molar-refractivity contribution in [3.63, 3.8) is 0 Å². The van der Waals surface area contributed by atoms with Crippen LogP contribution in [0.5, 0.6) is 0 Å². The molecule has 0 radical (unpaired) electrons. The lowest BCUT2D eigenvalue weighted by atomic mass is 10.00. The first-order valence-electron chi connectivity index (χ1n) is 12.1. The molecule has 0 N–H and O–H groups in total. The van der Waals surface area contributed by atoms with Crippen molar-refractivity contribution in [3.05, 3.63) is 46.6 Å². The van der Waals surface area contributed by atoms with E-state index in [2.05, 4.69) is 38.8 Å². The molecule has 4 heterocycles. The summed E-state index contributed by atoms with van der Waals surface area (Å²) in [6, 6.07) is 0. The Morgan fingerprint density at radius 3 is 2.79 bits per heavy atom. The third-order valence-corrected chi connectivity index (χ3v) is 7.32. The topological polar surface area (TPSA) is 59.2 Å². The molecule has 7 heteroatoms. The molecule has 0 atom stereocenters. The molecule has 1 fully saturated rings. The second kappa shape index (κ2) is 7.95. The molecule has 0 aromatic carbocycles. The van der Waals surface area contributed by atoms with Gasteiger partial charge in [0.15, 0.2) is 5.82 Å². The monoisotopic (exact) mass is 442 g/mol. The number of amides is 1. The van der Waals surface area contributed by atoms with Gasteiger partial charge in [-0.25, -0.2) is 0 Å². The Bertz CT molecular complexity index is 1250. The SMILES string of the molecule is CC(=O)N1CCc2c(c(N3CCC4=C3/C=C(/c3cnn(C)c3)CC#CC4)nn2CC2CC2)C1. The summed E-state index contributed by atoms with van der Waals surface area (Å²) in [7, 11) is 1.95. The molecule has 0 spiro atoms. The van der Waals surface area contributed by atoms with E-state index in [1.165, 1.54) is 40.9 Å². The van der Waals surface area contributed by atoms with E-state index in [-0.39, 0.29) is 5.91 Å². The summed E-state index contributed by atoms with van der Waals surface area (Å²) in [6.07, 6.45) is 12.3. The van der Waals surface area contributed by atoms with Crippen LogP contribution in [-0.2, 0) is 31.4 Å². The average Bonchev–Trinajstić information content (AvgIpc) is 3.20. The highest BCUT2D eigenvalue weighted by atomic mass is 16.2. The Balaban J connectivity index is 1.42. The van der Waals surface area contributed by atoms with Crippen molar-refractivity contribution in [1.82, 2.24) is 24.5 Å². The van der Waals surface area contributed by atoms with Gasteiger partial charge in [-0.15, -0.1) is 0 Å². The number of fused-ring (bicyclic) bond motifs is 1. The first-order chi connectivity index (χ1) is 16.1. The van der Waals surface area contributed by atoms with Crippen LogP contribution >= 0.6 is 0 Å². The normalized spacial score (nSPS) is 21.6. The fourth-order valence-corrected chi connectivity index (χ4v) is 5.23. The molecule has 7 nitrogen and oxygen atoms in total. The molecule has 0 saturated heterocycles. The molecule has 170 valence electrons. The fraction of sp³-hybridized carbons (Fsp3) is 0.500. The van der Waals surface area contributed by atoms with Gasteiger partial charge in [-0.05, 0) is 42.4 Å². The van der Waals surface area contributed by atoms with Gasteiger partial charge in [-0.3, -0.25) is 14.2 Å². The molecule has 2 aliphatic carbocycles. The van der Waals surface area contributed by atoms with E-state index in [9.17, 15) is 4.79 Å². The number of aromatic nitrogens is 4. The van der Waals surface area contributed by atoms with Crippen molar-refractivity contribution < 1.29 is 4.79 Å². The second-order valence-corrected chi connectivity index (χ2v) is 9.73. The first-order valence-corrected chi connectivity index (χ1v) is 12.1. The van der Waals surface area contributed by atoms with Crippen LogP contribution in [-0.4, -0.2) is 43.5 Å². The number of carbonyl (C=O) groups is 1. The molecule has 1 amide bonds. The molecule has 6 rings (SSSR count). The molecule has 33 heavy (non-hydrogen) atoms. The maximum absolute atomic E-state index is 12.2. The van der Waals surface area contributed by atoms with Crippen LogP contribution in [0, 0.1) is 17.8 Å². The third kappa shape index (κ3) is 3.78. The molecule has 4 aliphatic rings. The highest BCUT2D eigenvalue weighted by Crippen LogP contribution is 2.39. The van der Waals surface area contributed by atoms with Crippen molar-refractivity contribution in [2.24, 2.45) is 13.0 Å². The predicted octanol–water partition coefficient (Wildman–Crippen LogP) is 3.28. The van der Waals surface area contributed by atoms with Crippen LogP contribution in [0.4, 0.5) is 5.82 Å². The molecular formula is C26H30N6O. The summed E-state index contributed by atoms with van der Waals surface area (Å²) < 4.78 is 4.10. The predicted molar refractivity (Wildman–Crippen MR) is 127 cm³/mol. The Morgan fingerprint density at radius 2 is 2.03 bits per heavy atom. The van der Waals surface area contributed by atoms with E-state index in [1.54, 1.807) is 6.92 Å². The van der Waals surface area contributed by atoms with Crippen molar-refractivity contribution in [2.75, 3.05) is 18.0 Å². The lowest BCUT2D eigenvalue weighted by molar-refractivity contribution is -0.129. The first kappa shape index (κ1) is 20.3. The Morgan fingerprint density at radius 1 is 1.18 bits per heavy atom. The van der Waals surface area contributed by atoms with Gasteiger partial charge in [0.25, 0.3) is 0 Å². The lowest BCUT2D eigenvalue weighted by Gasteiger charge is -2.28. The van der Waals surface area contributed by atoms with Gasteiger partial charge in [-0.2, -0.15) is 10.2 Å². The number of hydrogen-bond acceptors (Lipinski definition) is 4. The summed E-state index contributed by atoms with van der Waals surface area (Å²) in [5.74, 6) is 8.66. The average molecular weight is 443 g/mol. The van der Waals surface area contributed by atoms with Gasteiger partial charge in [0.05, 0.1) is 12.7 Å². The van der Waals surface area contributed by atoms with E-state index in [1.807, 2.05) is 22.8 Å². The minimum Gasteiger partial charge on any atom is -0.338 e. The van der Waals surface area contributed by atoms with Crippen LogP contribution in [0.1, 0.15) is 55.8 Å². The van der Waals surface area contributed by atoms with Crippen LogP contribution < -0.4 is 4.90 Å². The number of aryl methyl sites for hydroxylation is 1. The van der Waals surface area contributed by atoms with Gasteiger partial charge >= 0.3 is 0 Å². The van der Waals surface area contributed by atoms with E-state index in [4.69, 9.17) is 5.10 Å². The van der Waals surface area contributed by atoms with Gasteiger partial charge < -0.3 is 9.80 Å². The Kier molecular flexibility index (Phi) is 4.90. The van der Waals surface area contributed by atoms with Gasteiger partial charge in [-0.1, -0.05) is 11.8 Å². The molecule has 1 saturated carbocycles. The fourth-order valence-electron chi connectivity index (χ4n) is 5.23. The number of anilines is 1. The zero-order valence-corrected chi connectivity index (χ0v) is 19.5. The molecule has 2 aromatic rings. The number of allylic oxidation sites excluding steroid dienone is 2. The molecule has 2 aliphatic heterocycles. The Labute approximate surface area is 194 Å². The minimum absolute atomic E-state index is 0.142.